The van der Waals surface area contributed by atoms with E-state index in [0.29, 0.717) is 13.0 Å². The topological polar surface area (TPSA) is 52.6 Å². The van der Waals surface area contributed by atoms with Crippen LogP contribution in [0.5, 0.6) is 5.75 Å². The largest absolute Gasteiger partial charge is 0.493 e. The van der Waals surface area contributed by atoms with Crippen LogP contribution in [-0.4, -0.2) is 25.0 Å². The molecule has 0 radical (unpaired) electrons. The minimum atomic E-state index is -0.733. The summed E-state index contributed by atoms with van der Waals surface area (Å²) < 4.78 is 10.4. The number of rotatable bonds is 8. The summed E-state index contributed by atoms with van der Waals surface area (Å²) in [6, 6.07) is 6.01. The first-order valence-electron chi connectivity index (χ1n) is 6.95. The summed E-state index contributed by atoms with van der Waals surface area (Å²) in [5.74, 6) is -0.286. The fourth-order valence-corrected chi connectivity index (χ4v) is 1.90. The number of Topliss-reactive ketones (excluding diaryl/α,β-unsaturated/α-hetero) is 1. The molecule has 0 aliphatic heterocycles. The summed E-state index contributed by atoms with van der Waals surface area (Å²) in [6.45, 7) is 6.48. The Morgan fingerprint density at radius 3 is 2.35 bits per heavy atom. The summed E-state index contributed by atoms with van der Waals surface area (Å²) in [5, 5.41) is 0. The Labute approximate surface area is 120 Å². The van der Waals surface area contributed by atoms with Crippen molar-refractivity contribution in [1.82, 2.24) is 0 Å². The number of unbranched alkanes of at least 4 members (excludes halogenated alkanes) is 1. The third-order valence-corrected chi connectivity index (χ3v) is 2.96. The van der Waals surface area contributed by atoms with Gasteiger partial charge < -0.3 is 9.47 Å². The first kappa shape index (κ1) is 16.2. The van der Waals surface area contributed by atoms with Crippen molar-refractivity contribution in [3.8, 4) is 5.75 Å². The van der Waals surface area contributed by atoms with E-state index in [1.165, 1.54) is 0 Å². The number of para-hydroxylation sites is 1. The molecular weight excluding hydrogens is 256 g/mol. The minimum Gasteiger partial charge on any atom is -0.493 e. The summed E-state index contributed by atoms with van der Waals surface area (Å²) in [7, 11) is 0. The first-order valence-corrected chi connectivity index (χ1v) is 6.95. The fraction of sp³-hybridized carbons (Fsp3) is 0.500. The predicted octanol–water partition coefficient (Wildman–Crippen LogP) is 2.98. The molecule has 0 saturated carbocycles. The Morgan fingerprint density at radius 2 is 1.75 bits per heavy atom. The molecule has 0 aromatic heterocycles. The van der Waals surface area contributed by atoms with Crippen LogP contribution in [0.1, 0.15) is 37.3 Å². The van der Waals surface area contributed by atoms with E-state index in [1.54, 1.807) is 6.92 Å². The molecule has 1 aromatic carbocycles. The SMILES string of the molecule is CCOC(=O)C(=O)CCCCOc1c(C)cccc1C. The van der Waals surface area contributed by atoms with Crippen LogP contribution < -0.4 is 4.74 Å². The van der Waals surface area contributed by atoms with Gasteiger partial charge in [0.15, 0.2) is 0 Å². The second-order valence-electron chi connectivity index (χ2n) is 4.67. The molecule has 0 aliphatic carbocycles. The summed E-state index contributed by atoms with van der Waals surface area (Å²) >= 11 is 0. The van der Waals surface area contributed by atoms with Crippen molar-refractivity contribution >= 4 is 11.8 Å². The lowest BCUT2D eigenvalue weighted by atomic mass is 10.1. The molecule has 4 heteroatoms. The summed E-state index contributed by atoms with van der Waals surface area (Å²) in [6.07, 6.45) is 1.58. The number of carbonyl (C=O) groups is 2. The molecule has 0 N–H and O–H groups in total. The van der Waals surface area contributed by atoms with Crippen molar-refractivity contribution in [1.29, 1.82) is 0 Å². The van der Waals surface area contributed by atoms with Gasteiger partial charge in [-0.15, -0.1) is 0 Å². The number of ether oxygens (including phenoxy) is 2. The van der Waals surface area contributed by atoms with E-state index < -0.39 is 11.8 Å². The maximum atomic E-state index is 11.4. The molecule has 0 aliphatic rings. The summed E-state index contributed by atoms with van der Waals surface area (Å²) in [4.78, 5) is 22.5. The normalized spacial score (nSPS) is 10.2. The maximum Gasteiger partial charge on any atom is 0.374 e. The van der Waals surface area contributed by atoms with Crippen LogP contribution in [0.4, 0.5) is 0 Å². The number of hydrogen-bond donors (Lipinski definition) is 0. The molecule has 0 unspecified atom stereocenters. The lowest BCUT2D eigenvalue weighted by molar-refractivity contribution is -0.153. The second-order valence-corrected chi connectivity index (χ2v) is 4.67. The van der Waals surface area contributed by atoms with Gasteiger partial charge in [0, 0.05) is 6.42 Å². The molecule has 0 heterocycles. The maximum absolute atomic E-state index is 11.4. The standard InChI is InChI=1S/C16H22O4/c1-4-19-16(18)14(17)10-5-6-11-20-15-12(2)8-7-9-13(15)3/h7-9H,4-6,10-11H2,1-3H3. The molecule has 0 amide bonds. The van der Waals surface area contributed by atoms with Crippen LogP contribution in [0.2, 0.25) is 0 Å². The predicted molar refractivity (Wildman–Crippen MR) is 76.9 cm³/mol. The van der Waals surface area contributed by atoms with Crippen LogP contribution >= 0.6 is 0 Å². The van der Waals surface area contributed by atoms with Gasteiger partial charge >= 0.3 is 5.97 Å². The molecule has 110 valence electrons. The van der Waals surface area contributed by atoms with Gasteiger partial charge in [-0.3, -0.25) is 4.79 Å². The molecule has 20 heavy (non-hydrogen) atoms. The summed E-state index contributed by atoms with van der Waals surface area (Å²) in [5.41, 5.74) is 2.21. The Bertz CT molecular complexity index is 445. The number of carbonyl (C=O) groups excluding carboxylic acids is 2. The van der Waals surface area contributed by atoms with Crippen LogP contribution in [0.15, 0.2) is 18.2 Å². The van der Waals surface area contributed by atoms with Crippen molar-refractivity contribution in [2.45, 2.75) is 40.0 Å². The first-order chi connectivity index (χ1) is 9.56. The van der Waals surface area contributed by atoms with Crippen LogP contribution in [0, 0.1) is 13.8 Å². The van der Waals surface area contributed by atoms with Crippen molar-refractivity contribution in [2.75, 3.05) is 13.2 Å². The van der Waals surface area contributed by atoms with E-state index in [4.69, 9.17) is 4.74 Å². The van der Waals surface area contributed by atoms with E-state index >= 15 is 0 Å². The number of ketones is 1. The lowest BCUT2D eigenvalue weighted by Crippen LogP contribution is -2.17. The monoisotopic (exact) mass is 278 g/mol. The number of hydrogen-bond acceptors (Lipinski definition) is 4. The van der Waals surface area contributed by atoms with Gasteiger partial charge in [-0.05, 0) is 44.7 Å². The van der Waals surface area contributed by atoms with Crippen LogP contribution in [0.3, 0.4) is 0 Å². The molecule has 4 nitrogen and oxygen atoms in total. The average molecular weight is 278 g/mol. The number of esters is 1. The van der Waals surface area contributed by atoms with E-state index in [9.17, 15) is 9.59 Å². The molecule has 0 bridgehead atoms. The highest BCUT2D eigenvalue weighted by Crippen LogP contribution is 2.22. The Hall–Kier alpha value is -1.84. The third-order valence-electron chi connectivity index (χ3n) is 2.96. The Kier molecular flexibility index (Phi) is 6.77. The van der Waals surface area contributed by atoms with Crippen molar-refractivity contribution in [2.24, 2.45) is 0 Å². The fourth-order valence-electron chi connectivity index (χ4n) is 1.90. The van der Waals surface area contributed by atoms with Crippen LogP contribution in [0.25, 0.3) is 0 Å². The van der Waals surface area contributed by atoms with Crippen molar-refractivity contribution in [3.05, 3.63) is 29.3 Å². The Balaban J connectivity index is 2.26. The van der Waals surface area contributed by atoms with E-state index in [1.807, 2.05) is 32.0 Å². The van der Waals surface area contributed by atoms with E-state index in [-0.39, 0.29) is 13.0 Å². The minimum absolute atomic E-state index is 0.217. The van der Waals surface area contributed by atoms with Gasteiger partial charge in [-0.2, -0.15) is 0 Å². The van der Waals surface area contributed by atoms with Gasteiger partial charge in [0.2, 0.25) is 5.78 Å². The molecule has 0 spiro atoms. The quantitative estimate of drug-likeness (QED) is 0.417. The highest BCUT2D eigenvalue weighted by molar-refractivity contribution is 6.33. The third kappa shape index (κ3) is 5.03. The molecule has 0 saturated heterocycles. The lowest BCUT2D eigenvalue weighted by Gasteiger charge is -2.11. The number of aryl methyl sites for hydroxylation is 2. The average Bonchev–Trinajstić information content (AvgIpc) is 2.41. The molecular formula is C16H22O4. The molecule has 0 atom stereocenters. The van der Waals surface area contributed by atoms with Gasteiger partial charge in [0.05, 0.1) is 13.2 Å². The molecule has 1 aromatic rings. The zero-order valence-electron chi connectivity index (χ0n) is 12.4. The van der Waals surface area contributed by atoms with Gasteiger partial charge in [0.25, 0.3) is 0 Å². The van der Waals surface area contributed by atoms with Crippen molar-refractivity contribution in [3.63, 3.8) is 0 Å². The molecule has 1 rings (SSSR count). The van der Waals surface area contributed by atoms with Crippen LogP contribution in [-0.2, 0) is 14.3 Å². The second kappa shape index (κ2) is 8.35. The van der Waals surface area contributed by atoms with Gasteiger partial charge in [0.1, 0.15) is 5.75 Å². The highest BCUT2D eigenvalue weighted by atomic mass is 16.5. The molecule has 0 fully saturated rings. The van der Waals surface area contributed by atoms with Gasteiger partial charge in [-0.1, -0.05) is 18.2 Å². The number of benzene rings is 1. The zero-order chi connectivity index (χ0) is 15.0. The van der Waals surface area contributed by atoms with Gasteiger partial charge in [-0.25, -0.2) is 4.79 Å². The Morgan fingerprint density at radius 1 is 1.10 bits per heavy atom. The van der Waals surface area contributed by atoms with Crippen molar-refractivity contribution < 1.29 is 19.1 Å². The van der Waals surface area contributed by atoms with E-state index in [0.717, 1.165) is 23.3 Å². The smallest absolute Gasteiger partial charge is 0.374 e. The highest BCUT2D eigenvalue weighted by Gasteiger charge is 2.13. The zero-order valence-corrected chi connectivity index (χ0v) is 12.4. The van der Waals surface area contributed by atoms with E-state index in [2.05, 4.69) is 4.74 Å².